The molecule has 2 aliphatic carbocycles. The topological polar surface area (TPSA) is 37.3 Å². The summed E-state index contributed by atoms with van der Waals surface area (Å²) in [6.45, 7) is 2.18. The predicted octanol–water partition coefficient (Wildman–Crippen LogP) is 4.99. The van der Waals surface area contributed by atoms with Crippen LogP contribution < -0.4 is 0 Å². The van der Waals surface area contributed by atoms with Crippen LogP contribution in [0, 0.1) is 11.3 Å². The fourth-order valence-corrected chi connectivity index (χ4v) is 4.70. The van der Waals surface area contributed by atoms with Gasteiger partial charge in [-0.05, 0) is 30.6 Å². The quantitative estimate of drug-likeness (QED) is 0.699. The van der Waals surface area contributed by atoms with Crippen molar-refractivity contribution in [2.24, 2.45) is 11.3 Å². The van der Waals surface area contributed by atoms with E-state index in [9.17, 15) is 4.79 Å². The molecule has 0 aromatic rings. The van der Waals surface area contributed by atoms with Crippen molar-refractivity contribution in [2.75, 3.05) is 0 Å². The number of carboxylic acid groups (broad SMARTS) is 1. The van der Waals surface area contributed by atoms with Crippen LogP contribution in [0.15, 0.2) is 0 Å². The maximum absolute atomic E-state index is 11.1. The molecule has 0 atom stereocenters. The molecule has 110 valence electrons. The first-order valence-electron chi connectivity index (χ1n) is 7.92. The van der Waals surface area contributed by atoms with Gasteiger partial charge in [-0.25, -0.2) is 0 Å². The van der Waals surface area contributed by atoms with Gasteiger partial charge in [0.15, 0.2) is 0 Å². The fraction of sp³-hybridized carbons (Fsp3) is 0.938. The summed E-state index contributed by atoms with van der Waals surface area (Å²) in [5, 5.41) is 9.12. The third kappa shape index (κ3) is 3.45. The Hall–Kier alpha value is -0.240. The summed E-state index contributed by atoms with van der Waals surface area (Å²) in [4.78, 5) is 10.1. The highest BCUT2D eigenvalue weighted by Crippen LogP contribution is 2.57. The summed E-state index contributed by atoms with van der Waals surface area (Å²) in [6.07, 6.45) is 13.2. The first-order chi connectivity index (χ1) is 9.00. The Morgan fingerprint density at radius 2 is 1.89 bits per heavy atom. The summed E-state index contributed by atoms with van der Waals surface area (Å²) in [5.41, 5.74) is 0.217. The van der Waals surface area contributed by atoms with Crippen molar-refractivity contribution in [2.45, 2.75) is 82.4 Å². The molecular weight excluding hydrogens is 260 g/mol. The molecule has 2 fully saturated rings. The molecule has 2 rings (SSSR count). The van der Waals surface area contributed by atoms with E-state index in [1.54, 1.807) is 0 Å². The Morgan fingerprint density at radius 1 is 1.26 bits per heavy atom. The van der Waals surface area contributed by atoms with Crippen LogP contribution in [0.1, 0.15) is 77.6 Å². The van der Waals surface area contributed by atoms with Crippen molar-refractivity contribution in [3.05, 3.63) is 0 Å². The normalized spacial score (nSPS) is 35.9. The van der Waals surface area contributed by atoms with Crippen LogP contribution in [0.2, 0.25) is 0 Å². The second-order valence-electron chi connectivity index (χ2n) is 6.87. The number of alkyl halides is 1. The first-order valence-corrected chi connectivity index (χ1v) is 8.30. The van der Waals surface area contributed by atoms with Gasteiger partial charge in [0.1, 0.15) is 4.87 Å². The zero-order valence-electron chi connectivity index (χ0n) is 12.1. The second-order valence-corrected chi connectivity index (χ2v) is 7.60. The smallest absolute Gasteiger partial charge is 0.324 e. The first kappa shape index (κ1) is 15.2. The van der Waals surface area contributed by atoms with Crippen molar-refractivity contribution >= 4 is 17.6 Å². The standard InChI is InChI=1S/C16H27ClO2/c1-2-15(11-16(17,12-15)14(18)19)10-6-9-13-7-4-3-5-8-13/h13H,2-12H2,1H3,(H,18,19). The van der Waals surface area contributed by atoms with E-state index in [4.69, 9.17) is 16.7 Å². The van der Waals surface area contributed by atoms with Crippen molar-refractivity contribution in [3.8, 4) is 0 Å². The molecular formula is C16H27ClO2. The van der Waals surface area contributed by atoms with E-state index in [2.05, 4.69) is 6.92 Å². The molecule has 0 bridgehead atoms. The number of rotatable bonds is 6. The minimum absolute atomic E-state index is 0.217. The van der Waals surface area contributed by atoms with Crippen molar-refractivity contribution < 1.29 is 9.90 Å². The molecule has 2 nitrogen and oxygen atoms in total. The van der Waals surface area contributed by atoms with Gasteiger partial charge in [-0.1, -0.05) is 58.3 Å². The predicted molar refractivity (Wildman–Crippen MR) is 78.6 cm³/mol. The molecule has 2 aliphatic rings. The molecule has 0 saturated heterocycles. The summed E-state index contributed by atoms with van der Waals surface area (Å²) in [5.74, 6) is 0.105. The van der Waals surface area contributed by atoms with E-state index in [-0.39, 0.29) is 5.41 Å². The van der Waals surface area contributed by atoms with Crippen LogP contribution >= 0.6 is 11.6 Å². The third-order valence-electron chi connectivity index (χ3n) is 5.49. The van der Waals surface area contributed by atoms with E-state index in [0.29, 0.717) is 12.8 Å². The number of aliphatic carboxylic acids is 1. The van der Waals surface area contributed by atoms with Crippen LogP contribution in [0.25, 0.3) is 0 Å². The lowest BCUT2D eigenvalue weighted by atomic mass is 9.57. The minimum atomic E-state index is -0.957. The zero-order valence-corrected chi connectivity index (χ0v) is 12.8. The SMILES string of the molecule is CCC1(CCCC2CCCCC2)CC(Cl)(C(=O)O)C1. The maximum atomic E-state index is 11.1. The maximum Gasteiger partial charge on any atom is 0.324 e. The zero-order chi connectivity index (χ0) is 13.9. The molecule has 0 heterocycles. The number of carboxylic acids is 1. The van der Waals surface area contributed by atoms with Crippen molar-refractivity contribution in [3.63, 3.8) is 0 Å². The Labute approximate surface area is 121 Å². The third-order valence-corrected chi connectivity index (χ3v) is 5.92. The largest absolute Gasteiger partial charge is 0.480 e. The van der Waals surface area contributed by atoms with Gasteiger partial charge in [-0.15, -0.1) is 11.6 Å². The van der Waals surface area contributed by atoms with Gasteiger partial charge >= 0.3 is 5.97 Å². The molecule has 3 heteroatoms. The summed E-state index contributed by atoms with van der Waals surface area (Å²) in [7, 11) is 0. The van der Waals surface area contributed by atoms with E-state index < -0.39 is 10.8 Å². The van der Waals surface area contributed by atoms with Crippen LogP contribution in [0.3, 0.4) is 0 Å². The molecule has 1 N–H and O–H groups in total. The molecule has 0 aromatic carbocycles. The second kappa shape index (κ2) is 6.03. The lowest BCUT2D eigenvalue weighted by molar-refractivity contribution is -0.147. The van der Waals surface area contributed by atoms with E-state index in [1.165, 1.54) is 51.4 Å². The van der Waals surface area contributed by atoms with Crippen LogP contribution in [-0.2, 0) is 4.79 Å². The molecule has 0 radical (unpaired) electrons. The van der Waals surface area contributed by atoms with Crippen LogP contribution in [0.4, 0.5) is 0 Å². The van der Waals surface area contributed by atoms with E-state index >= 15 is 0 Å². The Morgan fingerprint density at radius 3 is 2.42 bits per heavy atom. The van der Waals surface area contributed by atoms with Gasteiger partial charge in [0, 0.05) is 0 Å². The van der Waals surface area contributed by atoms with E-state index in [1.807, 2.05) is 0 Å². The highest BCUT2D eigenvalue weighted by Gasteiger charge is 2.56. The molecule has 0 aliphatic heterocycles. The van der Waals surface area contributed by atoms with Crippen LogP contribution in [0.5, 0.6) is 0 Å². The van der Waals surface area contributed by atoms with Gasteiger partial charge in [-0.2, -0.15) is 0 Å². The molecule has 0 unspecified atom stereocenters. The van der Waals surface area contributed by atoms with Gasteiger partial charge in [0.2, 0.25) is 0 Å². The fourth-order valence-electron chi connectivity index (χ4n) is 4.13. The summed E-state index contributed by atoms with van der Waals surface area (Å²) < 4.78 is 0. The van der Waals surface area contributed by atoms with Gasteiger partial charge in [-0.3, -0.25) is 4.79 Å². The van der Waals surface area contributed by atoms with Crippen molar-refractivity contribution in [1.82, 2.24) is 0 Å². The highest BCUT2D eigenvalue weighted by molar-refractivity contribution is 6.34. The highest BCUT2D eigenvalue weighted by atomic mass is 35.5. The number of hydrogen-bond donors (Lipinski definition) is 1. The number of carbonyl (C=O) groups is 1. The molecule has 0 aromatic heterocycles. The Kier molecular flexibility index (Phi) is 4.81. The Bertz CT molecular complexity index is 315. The van der Waals surface area contributed by atoms with Crippen molar-refractivity contribution in [1.29, 1.82) is 0 Å². The molecule has 19 heavy (non-hydrogen) atoms. The van der Waals surface area contributed by atoms with Crippen LogP contribution in [-0.4, -0.2) is 16.0 Å². The van der Waals surface area contributed by atoms with Gasteiger partial charge < -0.3 is 5.11 Å². The summed E-state index contributed by atoms with van der Waals surface area (Å²) in [6, 6.07) is 0. The molecule has 0 amide bonds. The lowest BCUT2D eigenvalue weighted by Gasteiger charge is -2.51. The average Bonchev–Trinajstić information content (AvgIpc) is 2.37. The summed E-state index contributed by atoms with van der Waals surface area (Å²) >= 11 is 6.13. The molecule has 2 saturated carbocycles. The molecule has 0 spiro atoms. The van der Waals surface area contributed by atoms with Gasteiger partial charge in [0.25, 0.3) is 0 Å². The Balaban J connectivity index is 1.73. The minimum Gasteiger partial charge on any atom is -0.480 e. The average molecular weight is 287 g/mol. The van der Waals surface area contributed by atoms with Gasteiger partial charge in [0.05, 0.1) is 0 Å². The van der Waals surface area contributed by atoms with E-state index in [0.717, 1.165) is 12.3 Å². The number of halogens is 1. The monoisotopic (exact) mass is 286 g/mol. The lowest BCUT2D eigenvalue weighted by Crippen LogP contribution is -2.52. The number of hydrogen-bond acceptors (Lipinski definition) is 1.